The zero-order chi connectivity index (χ0) is 13.1. The Morgan fingerprint density at radius 3 is 2.65 bits per heavy atom. The first-order valence-corrected chi connectivity index (χ1v) is 7.07. The molecule has 0 heterocycles. The number of benzene rings is 1. The van der Waals surface area contributed by atoms with Crippen molar-refractivity contribution in [3.63, 3.8) is 0 Å². The van der Waals surface area contributed by atoms with Crippen LogP contribution in [0, 0.1) is 17.0 Å². The molecule has 8 heteroatoms. The summed E-state index contributed by atoms with van der Waals surface area (Å²) in [5.41, 5.74) is 0.571. The van der Waals surface area contributed by atoms with E-state index >= 15 is 0 Å². The molecule has 1 aromatic carbocycles. The zero-order valence-corrected chi connectivity index (χ0v) is 10.5. The summed E-state index contributed by atoms with van der Waals surface area (Å²) in [6.45, 7) is 1.52. The summed E-state index contributed by atoms with van der Waals surface area (Å²) < 4.78 is 26.4. The van der Waals surface area contributed by atoms with Gasteiger partial charge in [-0.25, -0.2) is 8.42 Å². The van der Waals surface area contributed by atoms with E-state index in [4.69, 9.17) is 15.4 Å². The highest BCUT2D eigenvalue weighted by Crippen LogP contribution is 2.27. The molecule has 0 atom stereocenters. The van der Waals surface area contributed by atoms with Crippen LogP contribution in [0.1, 0.15) is 5.56 Å². The van der Waals surface area contributed by atoms with Crippen LogP contribution in [0.5, 0.6) is 5.75 Å². The van der Waals surface area contributed by atoms with E-state index in [-0.39, 0.29) is 18.0 Å². The molecule has 0 saturated heterocycles. The average molecular weight is 280 g/mol. The minimum atomic E-state index is -3.66. The fourth-order valence-electron chi connectivity index (χ4n) is 1.14. The predicted molar refractivity (Wildman–Crippen MR) is 63.0 cm³/mol. The molecular formula is C9H10ClNO5S. The molecule has 0 N–H and O–H groups in total. The van der Waals surface area contributed by atoms with Crippen LogP contribution in [0.2, 0.25) is 0 Å². The summed E-state index contributed by atoms with van der Waals surface area (Å²) in [6.07, 6.45) is 0. The van der Waals surface area contributed by atoms with Crippen LogP contribution in [0.3, 0.4) is 0 Å². The van der Waals surface area contributed by atoms with Gasteiger partial charge in [0.25, 0.3) is 0 Å². The molecular weight excluding hydrogens is 270 g/mol. The Hall–Kier alpha value is -1.34. The smallest absolute Gasteiger partial charge is 0.310 e. The molecule has 17 heavy (non-hydrogen) atoms. The van der Waals surface area contributed by atoms with Crippen molar-refractivity contribution in [2.45, 2.75) is 6.92 Å². The van der Waals surface area contributed by atoms with Crippen LogP contribution in [-0.2, 0) is 9.05 Å². The first kappa shape index (κ1) is 13.7. The topological polar surface area (TPSA) is 86.5 Å². The van der Waals surface area contributed by atoms with E-state index in [2.05, 4.69) is 0 Å². The second-order valence-corrected chi connectivity index (χ2v) is 6.22. The minimum Gasteiger partial charge on any atom is -0.486 e. The normalized spacial score (nSPS) is 11.2. The van der Waals surface area contributed by atoms with Crippen molar-refractivity contribution in [1.29, 1.82) is 0 Å². The average Bonchev–Trinajstić information content (AvgIpc) is 2.15. The molecule has 1 rings (SSSR count). The van der Waals surface area contributed by atoms with Gasteiger partial charge in [-0.3, -0.25) is 10.1 Å². The van der Waals surface area contributed by atoms with Gasteiger partial charge in [-0.1, -0.05) is 6.07 Å². The third kappa shape index (κ3) is 4.58. The van der Waals surface area contributed by atoms with Crippen LogP contribution < -0.4 is 4.74 Å². The zero-order valence-electron chi connectivity index (χ0n) is 8.92. The van der Waals surface area contributed by atoms with Gasteiger partial charge in [0.1, 0.15) is 6.61 Å². The lowest BCUT2D eigenvalue weighted by Crippen LogP contribution is -2.09. The lowest BCUT2D eigenvalue weighted by Gasteiger charge is -2.06. The van der Waals surface area contributed by atoms with Crippen LogP contribution in [0.15, 0.2) is 18.2 Å². The highest BCUT2D eigenvalue weighted by Gasteiger charge is 2.15. The first-order valence-electron chi connectivity index (χ1n) is 4.60. The van der Waals surface area contributed by atoms with Gasteiger partial charge in [0.2, 0.25) is 9.05 Å². The van der Waals surface area contributed by atoms with E-state index in [0.717, 1.165) is 5.56 Å². The maximum atomic E-state index is 10.7. The highest BCUT2D eigenvalue weighted by atomic mass is 35.7. The number of hydrogen-bond acceptors (Lipinski definition) is 5. The molecule has 0 aliphatic rings. The second-order valence-electron chi connectivity index (χ2n) is 3.32. The third-order valence-corrected chi connectivity index (χ3v) is 3.01. The molecule has 1 aromatic rings. The second kappa shape index (κ2) is 5.33. The number of nitro benzene ring substituents is 1. The number of aryl methyl sites for hydroxylation is 1. The Morgan fingerprint density at radius 2 is 2.12 bits per heavy atom. The molecule has 0 aliphatic heterocycles. The fraction of sp³-hybridized carbons (Fsp3) is 0.333. The number of halogens is 1. The predicted octanol–water partition coefficient (Wildman–Crippen LogP) is 1.85. The molecule has 6 nitrogen and oxygen atoms in total. The summed E-state index contributed by atoms with van der Waals surface area (Å²) >= 11 is 0. The molecule has 0 aliphatic carbocycles. The first-order chi connectivity index (χ1) is 7.79. The molecule has 94 valence electrons. The quantitative estimate of drug-likeness (QED) is 0.466. The van der Waals surface area contributed by atoms with Crippen molar-refractivity contribution in [3.05, 3.63) is 33.9 Å². The van der Waals surface area contributed by atoms with Crippen LogP contribution >= 0.6 is 10.7 Å². The Morgan fingerprint density at radius 1 is 1.47 bits per heavy atom. The maximum Gasteiger partial charge on any atom is 0.310 e. The van der Waals surface area contributed by atoms with E-state index < -0.39 is 19.7 Å². The summed E-state index contributed by atoms with van der Waals surface area (Å²) in [5, 5.41) is 10.7. The summed E-state index contributed by atoms with van der Waals surface area (Å²) in [5.74, 6) is -0.366. The lowest BCUT2D eigenvalue weighted by molar-refractivity contribution is -0.385. The van der Waals surface area contributed by atoms with E-state index in [1.165, 1.54) is 12.1 Å². The van der Waals surface area contributed by atoms with Gasteiger partial charge in [-0.2, -0.15) is 0 Å². The van der Waals surface area contributed by atoms with Crippen molar-refractivity contribution in [2.24, 2.45) is 0 Å². The van der Waals surface area contributed by atoms with Crippen molar-refractivity contribution < 1.29 is 18.1 Å². The molecule has 0 radical (unpaired) electrons. The van der Waals surface area contributed by atoms with Crippen LogP contribution in [0.4, 0.5) is 5.69 Å². The van der Waals surface area contributed by atoms with E-state index in [1.807, 2.05) is 0 Å². The number of ether oxygens (including phenoxy) is 1. The third-order valence-electron chi connectivity index (χ3n) is 1.90. The SMILES string of the molecule is Cc1ccc([N+](=O)[O-])c(OCCS(=O)(=O)Cl)c1. The van der Waals surface area contributed by atoms with Crippen LogP contribution in [-0.4, -0.2) is 25.7 Å². The van der Waals surface area contributed by atoms with E-state index in [1.54, 1.807) is 13.0 Å². The number of nitrogens with zero attached hydrogens (tertiary/aromatic N) is 1. The van der Waals surface area contributed by atoms with Crippen molar-refractivity contribution in [1.82, 2.24) is 0 Å². The Labute approximate surface area is 103 Å². The number of nitro groups is 1. The lowest BCUT2D eigenvalue weighted by atomic mass is 10.2. The largest absolute Gasteiger partial charge is 0.486 e. The van der Waals surface area contributed by atoms with Gasteiger partial charge in [0.05, 0.1) is 10.7 Å². The number of hydrogen-bond donors (Lipinski definition) is 0. The van der Waals surface area contributed by atoms with Gasteiger partial charge in [0.15, 0.2) is 5.75 Å². The van der Waals surface area contributed by atoms with Crippen LogP contribution in [0.25, 0.3) is 0 Å². The molecule has 0 aromatic heterocycles. The molecule has 0 bridgehead atoms. The summed E-state index contributed by atoms with van der Waals surface area (Å²) in [4.78, 5) is 10.1. The summed E-state index contributed by atoms with van der Waals surface area (Å²) in [7, 11) is 1.33. The van der Waals surface area contributed by atoms with E-state index in [0.29, 0.717) is 0 Å². The van der Waals surface area contributed by atoms with Crippen molar-refractivity contribution >= 4 is 25.4 Å². The van der Waals surface area contributed by atoms with Gasteiger partial charge in [-0.05, 0) is 18.6 Å². The Balaban J connectivity index is 2.82. The Bertz CT molecular complexity index is 528. The van der Waals surface area contributed by atoms with E-state index in [9.17, 15) is 18.5 Å². The monoisotopic (exact) mass is 279 g/mol. The maximum absolute atomic E-state index is 10.7. The van der Waals surface area contributed by atoms with Gasteiger partial charge < -0.3 is 4.74 Å². The van der Waals surface area contributed by atoms with Gasteiger partial charge >= 0.3 is 5.69 Å². The minimum absolute atomic E-state index is 0.0373. The highest BCUT2D eigenvalue weighted by molar-refractivity contribution is 8.13. The standard InChI is InChI=1S/C9H10ClNO5S/c1-7-2-3-8(11(12)13)9(6-7)16-4-5-17(10,14)15/h2-3,6H,4-5H2,1H3. The fourth-order valence-corrected chi connectivity index (χ4v) is 1.61. The molecule has 0 fully saturated rings. The van der Waals surface area contributed by atoms with Gasteiger partial charge in [-0.15, -0.1) is 0 Å². The van der Waals surface area contributed by atoms with Crippen molar-refractivity contribution in [2.75, 3.05) is 12.4 Å². The van der Waals surface area contributed by atoms with Gasteiger partial charge in [0, 0.05) is 16.7 Å². The molecule has 0 saturated carbocycles. The molecule has 0 spiro atoms. The van der Waals surface area contributed by atoms with Crippen molar-refractivity contribution in [3.8, 4) is 5.75 Å². The number of rotatable bonds is 5. The molecule has 0 unspecified atom stereocenters. The molecule has 0 amide bonds. The summed E-state index contributed by atoms with van der Waals surface area (Å²) in [6, 6.07) is 4.35. The Kier molecular flexibility index (Phi) is 4.30.